The summed E-state index contributed by atoms with van der Waals surface area (Å²) in [5.74, 6) is -1.47. The van der Waals surface area contributed by atoms with E-state index in [2.05, 4.69) is 21.3 Å². The molecular formula is C10H18N4O4. The molecule has 4 amide bonds. The van der Waals surface area contributed by atoms with Gasteiger partial charge in [-0.25, -0.2) is 0 Å². The Labute approximate surface area is 105 Å². The predicted molar refractivity (Wildman–Crippen MR) is 63.1 cm³/mol. The number of amides is 4. The first-order valence-corrected chi connectivity index (χ1v) is 5.36. The van der Waals surface area contributed by atoms with Crippen molar-refractivity contribution in [3.8, 4) is 0 Å². The largest absolute Gasteiger partial charge is 0.354 e. The van der Waals surface area contributed by atoms with E-state index >= 15 is 0 Å². The molecule has 0 aliphatic heterocycles. The molecule has 102 valence electrons. The van der Waals surface area contributed by atoms with Gasteiger partial charge < -0.3 is 21.3 Å². The summed E-state index contributed by atoms with van der Waals surface area (Å²) >= 11 is 0. The Balaban J connectivity index is 4.25. The SMILES string of the molecule is CC(=O)NCNC(=O)C(CNC(C)=O)NC(C)=O. The second kappa shape index (κ2) is 8.04. The van der Waals surface area contributed by atoms with Crippen molar-refractivity contribution in [3.63, 3.8) is 0 Å². The van der Waals surface area contributed by atoms with Crippen LogP contribution in [0, 0.1) is 0 Å². The van der Waals surface area contributed by atoms with Crippen LogP contribution in [0.1, 0.15) is 20.8 Å². The molecule has 0 aromatic carbocycles. The van der Waals surface area contributed by atoms with E-state index in [0.717, 1.165) is 0 Å². The molecule has 0 aliphatic rings. The molecule has 0 saturated heterocycles. The fourth-order valence-corrected chi connectivity index (χ4v) is 1.08. The Morgan fingerprint density at radius 3 is 1.83 bits per heavy atom. The molecule has 0 saturated carbocycles. The van der Waals surface area contributed by atoms with Crippen LogP contribution in [0.3, 0.4) is 0 Å². The maximum Gasteiger partial charge on any atom is 0.245 e. The molecule has 0 aliphatic carbocycles. The molecule has 8 nitrogen and oxygen atoms in total. The van der Waals surface area contributed by atoms with E-state index < -0.39 is 11.9 Å². The summed E-state index contributed by atoms with van der Waals surface area (Å²) in [4.78, 5) is 43.9. The number of nitrogens with one attached hydrogen (secondary N) is 4. The third kappa shape index (κ3) is 8.08. The Bertz CT molecular complexity index is 343. The predicted octanol–water partition coefficient (Wildman–Crippen LogP) is -2.16. The van der Waals surface area contributed by atoms with Gasteiger partial charge in [0, 0.05) is 27.3 Å². The smallest absolute Gasteiger partial charge is 0.245 e. The van der Waals surface area contributed by atoms with E-state index in [4.69, 9.17) is 0 Å². The molecule has 0 aromatic heterocycles. The van der Waals surface area contributed by atoms with Gasteiger partial charge in [0.05, 0.1) is 6.67 Å². The first-order valence-electron chi connectivity index (χ1n) is 5.36. The first kappa shape index (κ1) is 15.9. The van der Waals surface area contributed by atoms with Crippen LogP contribution >= 0.6 is 0 Å². The number of carbonyl (C=O) groups excluding carboxylic acids is 4. The highest BCUT2D eigenvalue weighted by atomic mass is 16.2. The van der Waals surface area contributed by atoms with E-state index in [9.17, 15) is 19.2 Å². The van der Waals surface area contributed by atoms with Gasteiger partial charge in [-0.1, -0.05) is 0 Å². The summed E-state index contributed by atoms with van der Waals surface area (Å²) in [5.41, 5.74) is 0. The highest BCUT2D eigenvalue weighted by Gasteiger charge is 2.19. The summed E-state index contributed by atoms with van der Waals surface area (Å²) in [6, 6.07) is -0.875. The third-order valence-electron chi connectivity index (χ3n) is 1.85. The van der Waals surface area contributed by atoms with Gasteiger partial charge >= 0.3 is 0 Å². The molecule has 1 unspecified atom stereocenters. The summed E-state index contributed by atoms with van der Waals surface area (Å²) in [6.07, 6.45) is 0. The van der Waals surface area contributed by atoms with Crippen LogP contribution in [0.15, 0.2) is 0 Å². The van der Waals surface area contributed by atoms with Crippen LogP contribution in [-0.2, 0) is 19.2 Å². The lowest BCUT2D eigenvalue weighted by molar-refractivity contribution is -0.128. The fourth-order valence-electron chi connectivity index (χ4n) is 1.08. The molecule has 0 spiro atoms. The van der Waals surface area contributed by atoms with Crippen LogP contribution in [-0.4, -0.2) is 42.9 Å². The molecular weight excluding hydrogens is 240 g/mol. The Hall–Kier alpha value is -2.12. The molecule has 0 aromatic rings. The van der Waals surface area contributed by atoms with Crippen LogP contribution in [0.25, 0.3) is 0 Å². The van der Waals surface area contributed by atoms with Crippen molar-refractivity contribution in [3.05, 3.63) is 0 Å². The molecule has 0 rings (SSSR count). The van der Waals surface area contributed by atoms with Crippen molar-refractivity contribution >= 4 is 23.6 Å². The molecule has 4 N–H and O–H groups in total. The Morgan fingerprint density at radius 1 is 0.833 bits per heavy atom. The molecule has 0 radical (unpaired) electrons. The normalized spacial score (nSPS) is 11.1. The zero-order valence-electron chi connectivity index (χ0n) is 10.6. The second-order valence-electron chi connectivity index (χ2n) is 3.64. The van der Waals surface area contributed by atoms with Gasteiger partial charge in [-0.2, -0.15) is 0 Å². The minimum absolute atomic E-state index is 0.0131. The lowest BCUT2D eigenvalue weighted by atomic mass is 10.2. The van der Waals surface area contributed by atoms with Crippen LogP contribution in [0.4, 0.5) is 0 Å². The van der Waals surface area contributed by atoms with Crippen molar-refractivity contribution in [2.75, 3.05) is 13.2 Å². The van der Waals surface area contributed by atoms with Crippen molar-refractivity contribution in [1.29, 1.82) is 0 Å². The third-order valence-corrected chi connectivity index (χ3v) is 1.85. The van der Waals surface area contributed by atoms with Gasteiger partial charge in [0.1, 0.15) is 6.04 Å². The van der Waals surface area contributed by atoms with Crippen molar-refractivity contribution < 1.29 is 19.2 Å². The van der Waals surface area contributed by atoms with Crippen LogP contribution in [0.2, 0.25) is 0 Å². The Kier molecular flexibility index (Phi) is 7.10. The number of rotatable bonds is 6. The van der Waals surface area contributed by atoms with Gasteiger partial charge in [0.25, 0.3) is 0 Å². The van der Waals surface area contributed by atoms with E-state index in [-0.39, 0.29) is 30.9 Å². The maximum atomic E-state index is 11.6. The van der Waals surface area contributed by atoms with Gasteiger partial charge in [-0.15, -0.1) is 0 Å². The van der Waals surface area contributed by atoms with Gasteiger partial charge in [-0.05, 0) is 0 Å². The van der Waals surface area contributed by atoms with Crippen LogP contribution in [0.5, 0.6) is 0 Å². The molecule has 0 heterocycles. The zero-order valence-corrected chi connectivity index (χ0v) is 10.6. The minimum Gasteiger partial charge on any atom is -0.354 e. The summed E-state index contributed by atoms with van der Waals surface area (Å²) in [7, 11) is 0. The zero-order chi connectivity index (χ0) is 14.1. The lowest BCUT2D eigenvalue weighted by Gasteiger charge is -2.17. The summed E-state index contributed by atoms with van der Waals surface area (Å²) in [6.45, 7) is 3.84. The van der Waals surface area contributed by atoms with Crippen molar-refractivity contribution in [1.82, 2.24) is 21.3 Å². The molecule has 0 bridgehead atoms. The average Bonchev–Trinajstić information content (AvgIpc) is 2.22. The van der Waals surface area contributed by atoms with Gasteiger partial charge in [-0.3, -0.25) is 19.2 Å². The number of hydrogen-bond donors (Lipinski definition) is 4. The Morgan fingerprint density at radius 2 is 1.39 bits per heavy atom. The fraction of sp³-hybridized carbons (Fsp3) is 0.600. The quantitative estimate of drug-likeness (QED) is 0.406. The standard InChI is InChI=1S/C10H18N4O4/c1-6(15)11-4-9(14-8(3)17)10(18)13-5-12-7(2)16/h9H,4-5H2,1-3H3,(H,11,15)(H,12,16)(H,13,18)(H,14,17). The second-order valence-corrected chi connectivity index (χ2v) is 3.64. The highest BCUT2D eigenvalue weighted by molar-refractivity contribution is 5.87. The summed E-state index contributed by atoms with van der Waals surface area (Å²) in [5, 5.41) is 9.61. The van der Waals surface area contributed by atoms with E-state index in [0.29, 0.717) is 0 Å². The highest BCUT2D eigenvalue weighted by Crippen LogP contribution is 1.83. The van der Waals surface area contributed by atoms with Crippen LogP contribution < -0.4 is 21.3 Å². The minimum atomic E-state index is -0.875. The number of carbonyl (C=O) groups is 4. The van der Waals surface area contributed by atoms with Gasteiger partial charge in [0.2, 0.25) is 23.6 Å². The van der Waals surface area contributed by atoms with E-state index in [1.54, 1.807) is 0 Å². The molecule has 1 atom stereocenters. The molecule has 0 fully saturated rings. The maximum absolute atomic E-state index is 11.6. The topological polar surface area (TPSA) is 116 Å². The van der Waals surface area contributed by atoms with Crippen molar-refractivity contribution in [2.45, 2.75) is 26.8 Å². The monoisotopic (exact) mass is 258 g/mol. The van der Waals surface area contributed by atoms with Gasteiger partial charge in [0.15, 0.2) is 0 Å². The van der Waals surface area contributed by atoms with Crippen molar-refractivity contribution in [2.24, 2.45) is 0 Å². The first-order chi connectivity index (χ1) is 8.32. The number of hydrogen-bond acceptors (Lipinski definition) is 4. The van der Waals surface area contributed by atoms with E-state index in [1.807, 2.05) is 0 Å². The lowest BCUT2D eigenvalue weighted by Crippen LogP contribution is -2.53. The average molecular weight is 258 g/mol. The molecule has 18 heavy (non-hydrogen) atoms. The molecule has 8 heteroatoms. The van der Waals surface area contributed by atoms with E-state index in [1.165, 1.54) is 20.8 Å². The summed E-state index contributed by atoms with van der Waals surface area (Å²) < 4.78 is 0.